The molecule has 0 atom stereocenters. The van der Waals surface area contributed by atoms with Gasteiger partial charge in [-0.1, -0.05) is 0 Å². The van der Waals surface area contributed by atoms with E-state index in [0.717, 1.165) is 24.7 Å². The number of pyridine rings is 1. The molecule has 0 aliphatic carbocycles. The fourth-order valence-corrected chi connectivity index (χ4v) is 1.57. The number of aromatic nitrogens is 3. The van der Waals surface area contributed by atoms with Crippen LogP contribution < -0.4 is 0 Å². The monoisotopic (exact) mass is 275 g/mol. The largest absolute Gasteiger partial charge is 0.417 e. The molecule has 0 saturated heterocycles. The summed E-state index contributed by atoms with van der Waals surface area (Å²) >= 11 is 4.66. The van der Waals surface area contributed by atoms with Crippen molar-refractivity contribution in [2.75, 3.05) is 0 Å². The van der Waals surface area contributed by atoms with Crippen LogP contribution in [-0.2, 0) is 6.18 Å². The van der Waals surface area contributed by atoms with Crippen molar-refractivity contribution in [3.63, 3.8) is 0 Å². The van der Waals surface area contributed by atoms with Crippen LogP contribution in [0, 0.1) is 10.6 Å². The van der Waals surface area contributed by atoms with E-state index in [1.54, 1.807) is 0 Å². The van der Waals surface area contributed by atoms with Gasteiger partial charge in [0.25, 0.3) is 0 Å². The first-order chi connectivity index (χ1) is 8.39. The molecule has 3 nitrogen and oxygen atoms in total. The van der Waals surface area contributed by atoms with Crippen molar-refractivity contribution < 1.29 is 17.6 Å². The average molecular weight is 275 g/mol. The summed E-state index contributed by atoms with van der Waals surface area (Å²) in [5.74, 6) is -0.929. The maximum absolute atomic E-state index is 13.5. The molecule has 2 rings (SSSR count). The van der Waals surface area contributed by atoms with Crippen molar-refractivity contribution in [2.24, 2.45) is 0 Å². The maximum Gasteiger partial charge on any atom is 0.417 e. The van der Waals surface area contributed by atoms with Crippen LogP contribution in [0.4, 0.5) is 17.6 Å². The minimum atomic E-state index is -4.61. The first-order valence-corrected chi connectivity index (χ1v) is 5.07. The predicted octanol–water partition coefficient (Wildman–Crippen LogP) is 3.36. The molecule has 0 bridgehead atoms. The Morgan fingerprint density at radius 1 is 1.22 bits per heavy atom. The molecule has 1 N–H and O–H groups in total. The highest BCUT2D eigenvalue weighted by Gasteiger charge is 2.34. The van der Waals surface area contributed by atoms with Crippen LogP contribution in [0.25, 0.3) is 11.3 Å². The Morgan fingerprint density at radius 3 is 2.61 bits per heavy atom. The third-order valence-electron chi connectivity index (χ3n) is 2.16. The Labute approximate surface area is 104 Å². The molecule has 0 spiro atoms. The zero-order valence-electron chi connectivity index (χ0n) is 8.62. The molecular formula is C10H5F4N3S. The number of rotatable bonds is 1. The summed E-state index contributed by atoms with van der Waals surface area (Å²) in [4.78, 5) is 9.30. The first kappa shape index (κ1) is 12.6. The van der Waals surface area contributed by atoms with Crippen molar-refractivity contribution in [1.82, 2.24) is 15.0 Å². The van der Waals surface area contributed by atoms with Crippen molar-refractivity contribution in [2.45, 2.75) is 6.18 Å². The van der Waals surface area contributed by atoms with Crippen molar-refractivity contribution >= 4 is 12.2 Å². The maximum atomic E-state index is 13.5. The number of nitrogens with zero attached hydrogens (tertiary/aromatic N) is 2. The van der Waals surface area contributed by atoms with Gasteiger partial charge in [0.2, 0.25) is 0 Å². The lowest BCUT2D eigenvalue weighted by Crippen LogP contribution is -2.08. The van der Waals surface area contributed by atoms with Crippen LogP contribution in [0.3, 0.4) is 0 Å². The predicted molar refractivity (Wildman–Crippen MR) is 57.6 cm³/mol. The quantitative estimate of drug-likeness (QED) is 0.641. The van der Waals surface area contributed by atoms with Crippen LogP contribution in [0.15, 0.2) is 24.7 Å². The van der Waals surface area contributed by atoms with Gasteiger partial charge in [0.1, 0.15) is 0 Å². The second kappa shape index (κ2) is 4.45. The number of hydrogen-bond acceptors (Lipinski definition) is 3. The summed E-state index contributed by atoms with van der Waals surface area (Å²) in [6.45, 7) is 0. The average Bonchev–Trinajstić information content (AvgIpc) is 2.31. The summed E-state index contributed by atoms with van der Waals surface area (Å²) in [6, 6.07) is 0.770. The topological polar surface area (TPSA) is 41.6 Å². The number of halogens is 4. The smallest absolute Gasteiger partial charge is 0.328 e. The number of H-pyrrole nitrogens is 1. The summed E-state index contributed by atoms with van der Waals surface area (Å²) in [5.41, 5.74) is -1.78. The molecule has 94 valence electrons. The first-order valence-electron chi connectivity index (χ1n) is 4.66. The van der Waals surface area contributed by atoms with E-state index >= 15 is 0 Å². The zero-order chi connectivity index (χ0) is 13.3. The Balaban J connectivity index is 2.72. The van der Waals surface area contributed by atoms with Crippen LogP contribution in [0.2, 0.25) is 0 Å². The number of hydrogen-bond donors (Lipinski definition) is 1. The number of alkyl halides is 3. The van der Waals surface area contributed by atoms with Crippen LogP contribution >= 0.6 is 12.2 Å². The lowest BCUT2D eigenvalue weighted by molar-refractivity contribution is -0.137. The van der Waals surface area contributed by atoms with E-state index in [-0.39, 0.29) is 10.5 Å². The van der Waals surface area contributed by atoms with Gasteiger partial charge in [-0.2, -0.15) is 13.2 Å². The second-order valence-corrected chi connectivity index (χ2v) is 3.72. The molecule has 2 aromatic heterocycles. The standard InChI is InChI=1S/C10H5F4N3S/c11-7-4-16-9(18)17-8(7)5-3-15-2-1-6(5)10(12,13)14/h1-4H,(H,16,17,18). The molecular weight excluding hydrogens is 270 g/mol. The van der Waals surface area contributed by atoms with Gasteiger partial charge in [-0.05, 0) is 18.3 Å². The Bertz CT molecular complexity index is 636. The van der Waals surface area contributed by atoms with Gasteiger partial charge in [-0.15, -0.1) is 0 Å². The van der Waals surface area contributed by atoms with Gasteiger partial charge in [0, 0.05) is 18.0 Å². The van der Waals surface area contributed by atoms with Gasteiger partial charge in [0.05, 0.1) is 17.5 Å². The molecule has 2 heterocycles. The van der Waals surface area contributed by atoms with Gasteiger partial charge in [-0.3, -0.25) is 4.98 Å². The summed E-state index contributed by atoms with van der Waals surface area (Å²) in [7, 11) is 0. The summed E-state index contributed by atoms with van der Waals surface area (Å²) in [6.07, 6.45) is -1.93. The van der Waals surface area contributed by atoms with Crippen molar-refractivity contribution in [3.05, 3.63) is 40.8 Å². The molecule has 18 heavy (non-hydrogen) atoms. The van der Waals surface area contributed by atoms with E-state index in [1.165, 1.54) is 0 Å². The molecule has 0 aliphatic heterocycles. The molecule has 8 heteroatoms. The highest BCUT2D eigenvalue weighted by molar-refractivity contribution is 7.71. The minimum absolute atomic E-state index is 0.108. The molecule has 0 aliphatic rings. The molecule has 0 unspecified atom stereocenters. The second-order valence-electron chi connectivity index (χ2n) is 3.33. The van der Waals surface area contributed by atoms with Gasteiger partial charge in [0.15, 0.2) is 10.6 Å². The highest BCUT2D eigenvalue weighted by atomic mass is 32.1. The third-order valence-corrected chi connectivity index (χ3v) is 2.37. The highest BCUT2D eigenvalue weighted by Crippen LogP contribution is 2.36. The molecule has 0 saturated carbocycles. The summed E-state index contributed by atoms with van der Waals surface area (Å²) < 4.78 is 51.7. The van der Waals surface area contributed by atoms with E-state index in [1.807, 2.05) is 0 Å². The lowest BCUT2D eigenvalue weighted by atomic mass is 10.1. The van der Waals surface area contributed by atoms with Crippen molar-refractivity contribution in [3.8, 4) is 11.3 Å². The Morgan fingerprint density at radius 2 is 1.94 bits per heavy atom. The minimum Gasteiger partial charge on any atom is -0.328 e. The van der Waals surface area contributed by atoms with E-state index in [9.17, 15) is 17.6 Å². The van der Waals surface area contributed by atoms with E-state index in [0.29, 0.717) is 0 Å². The normalized spacial score (nSPS) is 11.6. The zero-order valence-corrected chi connectivity index (χ0v) is 9.44. The molecule has 0 radical (unpaired) electrons. The Kier molecular flexibility index (Phi) is 3.12. The number of nitrogens with one attached hydrogen (secondary N) is 1. The van der Waals surface area contributed by atoms with Crippen molar-refractivity contribution in [1.29, 1.82) is 0 Å². The summed E-state index contributed by atoms with van der Waals surface area (Å²) in [5, 5.41) is 0. The van der Waals surface area contributed by atoms with E-state index in [4.69, 9.17) is 0 Å². The van der Waals surface area contributed by atoms with E-state index < -0.39 is 23.1 Å². The molecule has 0 fully saturated rings. The van der Waals surface area contributed by atoms with Gasteiger partial charge < -0.3 is 4.98 Å². The van der Waals surface area contributed by atoms with Gasteiger partial charge >= 0.3 is 6.18 Å². The number of aromatic amines is 1. The Hall–Kier alpha value is -1.83. The molecule has 2 aromatic rings. The van der Waals surface area contributed by atoms with Crippen LogP contribution in [0.5, 0.6) is 0 Å². The molecule has 0 amide bonds. The third kappa shape index (κ3) is 2.37. The van der Waals surface area contributed by atoms with Crippen LogP contribution in [0.1, 0.15) is 5.56 Å². The lowest BCUT2D eigenvalue weighted by Gasteiger charge is -2.12. The SMILES string of the molecule is Fc1cnc(=S)[nH]c1-c1cnccc1C(F)(F)F. The van der Waals surface area contributed by atoms with Gasteiger partial charge in [-0.25, -0.2) is 9.37 Å². The fraction of sp³-hybridized carbons (Fsp3) is 0.100. The van der Waals surface area contributed by atoms with E-state index in [2.05, 4.69) is 27.2 Å². The fourth-order valence-electron chi connectivity index (χ4n) is 1.42. The van der Waals surface area contributed by atoms with Crippen LogP contribution in [-0.4, -0.2) is 15.0 Å². The molecule has 0 aromatic carbocycles.